The topological polar surface area (TPSA) is 134 Å². The second kappa shape index (κ2) is 6.35. The van der Waals surface area contributed by atoms with E-state index in [1.165, 1.54) is 7.11 Å². The van der Waals surface area contributed by atoms with E-state index in [0.29, 0.717) is 11.3 Å². The second-order valence-corrected chi connectivity index (χ2v) is 4.89. The van der Waals surface area contributed by atoms with Crippen LogP contribution >= 0.6 is 0 Å². The summed E-state index contributed by atoms with van der Waals surface area (Å²) in [6.07, 6.45) is 0. The molecule has 0 amide bonds. The molecule has 0 fully saturated rings. The maximum atomic E-state index is 11.0. The Hall–Kier alpha value is -3.82. The molecule has 0 saturated heterocycles. The molecule has 3 rings (SSSR count). The largest absolute Gasteiger partial charge is 0.497 e. The number of hydrogen-bond donors (Lipinski definition) is 0. The average molecular weight is 342 g/mol. The number of nitro benzene ring substituents is 2. The van der Waals surface area contributed by atoms with Crippen molar-refractivity contribution in [3.8, 4) is 28.7 Å². The summed E-state index contributed by atoms with van der Waals surface area (Å²) in [6, 6.07) is 9.95. The molecule has 0 aliphatic heterocycles. The van der Waals surface area contributed by atoms with Crippen LogP contribution in [0.3, 0.4) is 0 Å². The number of rotatable bonds is 5. The van der Waals surface area contributed by atoms with Crippen molar-refractivity contribution in [3.63, 3.8) is 0 Å². The molecule has 0 unspecified atom stereocenters. The van der Waals surface area contributed by atoms with Crippen molar-refractivity contribution < 1.29 is 19.0 Å². The molecule has 0 N–H and O–H groups in total. The van der Waals surface area contributed by atoms with Gasteiger partial charge in [-0.1, -0.05) is 0 Å². The normalized spacial score (nSPS) is 10.4. The number of methoxy groups -OCH3 is 1. The molecule has 1 aromatic heterocycles. The molecule has 126 valence electrons. The molecule has 10 heteroatoms. The molecule has 2 aromatic carbocycles. The van der Waals surface area contributed by atoms with Crippen LogP contribution in [0.1, 0.15) is 0 Å². The lowest BCUT2D eigenvalue weighted by Crippen LogP contribution is -1.94. The minimum atomic E-state index is -0.725. The SMILES string of the molecule is COc1ccc(-c2nnc(-c3cc([N+](=O)[O-])cc([N+](=O)[O-])c3)o2)cc1. The van der Waals surface area contributed by atoms with E-state index in [9.17, 15) is 20.2 Å². The van der Waals surface area contributed by atoms with Crippen LogP contribution in [-0.4, -0.2) is 27.2 Å². The summed E-state index contributed by atoms with van der Waals surface area (Å²) in [5.74, 6) is 0.766. The highest BCUT2D eigenvalue weighted by atomic mass is 16.6. The summed E-state index contributed by atoms with van der Waals surface area (Å²) in [7, 11) is 1.54. The van der Waals surface area contributed by atoms with Crippen LogP contribution < -0.4 is 4.74 Å². The molecule has 3 aromatic rings. The van der Waals surface area contributed by atoms with Crippen LogP contribution in [0, 0.1) is 20.2 Å². The Balaban J connectivity index is 2.01. The fourth-order valence-corrected chi connectivity index (χ4v) is 2.12. The number of nitro groups is 2. The van der Waals surface area contributed by atoms with Crippen molar-refractivity contribution >= 4 is 11.4 Å². The van der Waals surface area contributed by atoms with E-state index in [2.05, 4.69) is 10.2 Å². The van der Waals surface area contributed by atoms with Crippen LogP contribution in [0.5, 0.6) is 5.75 Å². The molecule has 0 bridgehead atoms. The Bertz CT molecular complexity index is 919. The molecule has 0 aliphatic carbocycles. The van der Waals surface area contributed by atoms with Gasteiger partial charge in [0.15, 0.2) is 0 Å². The van der Waals surface area contributed by atoms with Gasteiger partial charge in [-0.25, -0.2) is 0 Å². The van der Waals surface area contributed by atoms with Crippen molar-refractivity contribution in [2.45, 2.75) is 0 Å². The fraction of sp³-hybridized carbons (Fsp3) is 0.0667. The number of hydrogen-bond acceptors (Lipinski definition) is 8. The van der Waals surface area contributed by atoms with Gasteiger partial charge in [-0.3, -0.25) is 20.2 Å². The van der Waals surface area contributed by atoms with Gasteiger partial charge in [0, 0.05) is 17.7 Å². The summed E-state index contributed by atoms with van der Waals surface area (Å²) in [5.41, 5.74) is -0.172. The molecule has 25 heavy (non-hydrogen) atoms. The summed E-state index contributed by atoms with van der Waals surface area (Å²) < 4.78 is 10.5. The van der Waals surface area contributed by atoms with Gasteiger partial charge in [0.25, 0.3) is 11.4 Å². The highest BCUT2D eigenvalue weighted by Crippen LogP contribution is 2.31. The van der Waals surface area contributed by atoms with Crippen LogP contribution in [-0.2, 0) is 0 Å². The van der Waals surface area contributed by atoms with E-state index in [1.54, 1.807) is 24.3 Å². The lowest BCUT2D eigenvalue weighted by molar-refractivity contribution is -0.394. The van der Waals surface area contributed by atoms with Gasteiger partial charge in [0.05, 0.1) is 28.6 Å². The lowest BCUT2D eigenvalue weighted by atomic mass is 10.1. The smallest absolute Gasteiger partial charge is 0.277 e. The average Bonchev–Trinajstić information content (AvgIpc) is 3.11. The van der Waals surface area contributed by atoms with Gasteiger partial charge in [0.1, 0.15) is 5.75 Å². The highest BCUT2D eigenvalue weighted by molar-refractivity contribution is 5.64. The first-order valence-electron chi connectivity index (χ1n) is 6.90. The van der Waals surface area contributed by atoms with E-state index < -0.39 is 21.2 Å². The van der Waals surface area contributed by atoms with Crippen molar-refractivity contribution in [1.29, 1.82) is 0 Å². The molecule has 10 nitrogen and oxygen atoms in total. The summed E-state index contributed by atoms with van der Waals surface area (Å²) in [5, 5.41) is 29.6. The van der Waals surface area contributed by atoms with Crippen LogP contribution in [0.25, 0.3) is 22.9 Å². The van der Waals surface area contributed by atoms with Crippen molar-refractivity contribution in [3.05, 3.63) is 62.7 Å². The number of nitrogens with zero attached hydrogens (tertiary/aromatic N) is 4. The Morgan fingerprint density at radius 1 is 0.880 bits per heavy atom. The molecular formula is C15H10N4O6. The third kappa shape index (κ3) is 3.27. The number of benzene rings is 2. The Morgan fingerprint density at radius 2 is 1.40 bits per heavy atom. The van der Waals surface area contributed by atoms with Crippen LogP contribution in [0.2, 0.25) is 0 Å². The number of aromatic nitrogens is 2. The van der Waals surface area contributed by atoms with E-state index in [0.717, 1.165) is 18.2 Å². The molecule has 0 saturated carbocycles. The first-order valence-corrected chi connectivity index (χ1v) is 6.90. The highest BCUT2D eigenvalue weighted by Gasteiger charge is 2.20. The van der Waals surface area contributed by atoms with Gasteiger partial charge in [-0.2, -0.15) is 0 Å². The molecular weight excluding hydrogens is 332 g/mol. The van der Waals surface area contributed by atoms with Gasteiger partial charge >= 0.3 is 0 Å². The number of non-ortho nitro benzene ring substituents is 2. The first kappa shape index (κ1) is 16.1. The fourth-order valence-electron chi connectivity index (χ4n) is 2.12. The van der Waals surface area contributed by atoms with Crippen LogP contribution in [0.4, 0.5) is 11.4 Å². The van der Waals surface area contributed by atoms with E-state index in [4.69, 9.17) is 9.15 Å². The van der Waals surface area contributed by atoms with Gasteiger partial charge < -0.3 is 9.15 Å². The Morgan fingerprint density at radius 3 is 1.88 bits per heavy atom. The van der Waals surface area contributed by atoms with Crippen molar-refractivity contribution in [2.75, 3.05) is 7.11 Å². The third-order valence-electron chi connectivity index (χ3n) is 3.33. The zero-order valence-electron chi connectivity index (χ0n) is 12.8. The maximum Gasteiger partial charge on any atom is 0.277 e. The lowest BCUT2D eigenvalue weighted by Gasteiger charge is -1.99. The standard InChI is InChI=1S/C15H10N4O6/c1-24-13-4-2-9(3-5-13)14-16-17-15(25-14)10-6-11(18(20)21)8-12(7-10)19(22)23/h2-8H,1H3. The molecule has 0 spiro atoms. The van der Waals surface area contributed by atoms with Crippen molar-refractivity contribution in [1.82, 2.24) is 10.2 Å². The minimum Gasteiger partial charge on any atom is -0.497 e. The molecule has 0 radical (unpaired) electrons. The predicted octanol–water partition coefficient (Wildman–Crippen LogP) is 3.23. The quantitative estimate of drug-likeness (QED) is 0.509. The maximum absolute atomic E-state index is 11.0. The predicted molar refractivity (Wildman–Crippen MR) is 85.0 cm³/mol. The Kier molecular flexibility index (Phi) is 4.08. The third-order valence-corrected chi connectivity index (χ3v) is 3.33. The Labute approximate surface area is 140 Å². The van der Waals surface area contributed by atoms with Gasteiger partial charge in [0.2, 0.25) is 11.8 Å². The van der Waals surface area contributed by atoms with Crippen molar-refractivity contribution in [2.24, 2.45) is 0 Å². The van der Waals surface area contributed by atoms with E-state index in [-0.39, 0.29) is 17.3 Å². The molecule has 0 atom stereocenters. The monoisotopic (exact) mass is 342 g/mol. The van der Waals surface area contributed by atoms with E-state index in [1.807, 2.05) is 0 Å². The first-order chi connectivity index (χ1) is 12.0. The second-order valence-electron chi connectivity index (χ2n) is 4.89. The molecule has 0 aliphatic rings. The van der Waals surface area contributed by atoms with Gasteiger partial charge in [-0.05, 0) is 24.3 Å². The van der Waals surface area contributed by atoms with Gasteiger partial charge in [-0.15, -0.1) is 10.2 Å². The van der Waals surface area contributed by atoms with Crippen LogP contribution in [0.15, 0.2) is 46.9 Å². The van der Waals surface area contributed by atoms with E-state index >= 15 is 0 Å². The summed E-state index contributed by atoms with van der Waals surface area (Å²) in [4.78, 5) is 20.5. The molecule has 1 heterocycles. The zero-order chi connectivity index (χ0) is 18.0. The number of ether oxygens (including phenoxy) is 1. The summed E-state index contributed by atoms with van der Waals surface area (Å²) >= 11 is 0. The summed E-state index contributed by atoms with van der Waals surface area (Å²) in [6.45, 7) is 0. The minimum absolute atomic E-state index is 0.0578. The zero-order valence-corrected chi connectivity index (χ0v) is 12.8.